The van der Waals surface area contributed by atoms with Crippen molar-refractivity contribution in [1.29, 1.82) is 0 Å². The number of carbonyl (C=O) groups excluding carboxylic acids is 1. The first-order chi connectivity index (χ1) is 8.88. The molecule has 0 saturated heterocycles. The summed E-state index contributed by atoms with van der Waals surface area (Å²) in [5.41, 5.74) is -0.167. The standard InChI is InChI=1S/C17H32O2/c1-6-14(3)15(18)19-17(16(4,5)7-2)12-10-8-9-11-13-17/h14H,6-13H2,1-5H3. The van der Waals surface area contributed by atoms with Gasteiger partial charge in [-0.2, -0.15) is 0 Å². The lowest BCUT2D eigenvalue weighted by atomic mass is 9.68. The second-order valence-electron chi connectivity index (χ2n) is 6.88. The monoisotopic (exact) mass is 268 g/mol. The number of rotatable bonds is 5. The molecule has 1 unspecified atom stereocenters. The van der Waals surface area contributed by atoms with E-state index in [9.17, 15) is 4.79 Å². The molecule has 1 atom stereocenters. The summed E-state index contributed by atoms with van der Waals surface area (Å²) in [5.74, 6) is 0.0266. The van der Waals surface area contributed by atoms with Gasteiger partial charge in [-0.1, -0.05) is 47.5 Å². The zero-order chi connectivity index (χ0) is 14.5. The molecule has 2 nitrogen and oxygen atoms in total. The van der Waals surface area contributed by atoms with Crippen LogP contribution in [0, 0.1) is 11.3 Å². The first-order valence-corrected chi connectivity index (χ1v) is 8.11. The van der Waals surface area contributed by atoms with E-state index in [-0.39, 0.29) is 22.9 Å². The van der Waals surface area contributed by atoms with Crippen molar-refractivity contribution < 1.29 is 9.53 Å². The maximum atomic E-state index is 12.3. The van der Waals surface area contributed by atoms with Gasteiger partial charge < -0.3 is 4.74 Å². The zero-order valence-corrected chi connectivity index (χ0v) is 13.6. The molecular weight excluding hydrogens is 236 g/mol. The topological polar surface area (TPSA) is 26.3 Å². The van der Waals surface area contributed by atoms with Gasteiger partial charge in [0, 0.05) is 5.41 Å². The Hall–Kier alpha value is -0.530. The van der Waals surface area contributed by atoms with Crippen molar-refractivity contribution in [3.8, 4) is 0 Å². The molecule has 0 aliphatic heterocycles. The molecule has 112 valence electrons. The highest BCUT2D eigenvalue weighted by Crippen LogP contribution is 2.46. The van der Waals surface area contributed by atoms with Crippen LogP contribution in [0.4, 0.5) is 0 Å². The van der Waals surface area contributed by atoms with Gasteiger partial charge in [0.1, 0.15) is 5.60 Å². The highest BCUT2D eigenvalue weighted by atomic mass is 16.6. The van der Waals surface area contributed by atoms with E-state index in [2.05, 4.69) is 27.7 Å². The Labute approximate surface area is 119 Å². The van der Waals surface area contributed by atoms with Gasteiger partial charge in [-0.05, 0) is 38.5 Å². The van der Waals surface area contributed by atoms with Crippen LogP contribution in [-0.2, 0) is 9.53 Å². The largest absolute Gasteiger partial charge is 0.458 e. The molecule has 1 fully saturated rings. The Kier molecular flexibility index (Phi) is 5.88. The number of esters is 1. The molecule has 2 heteroatoms. The third-order valence-corrected chi connectivity index (χ3v) is 5.34. The molecule has 0 aromatic heterocycles. The normalized spacial score (nSPS) is 21.5. The van der Waals surface area contributed by atoms with E-state index in [0.29, 0.717) is 0 Å². The van der Waals surface area contributed by atoms with Crippen molar-refractivity contribution in [2.45, 2.75) is 91.6 Å². The lowest BCUT2D eigenvalue weighted by Crippen LogP contribution is -2.48. The summed E-state index contributed by atoms with van der Waals surface area (Å²) in [6.45, 7) is 10.8. The molecule has 1 rings (SSSR count). The highest BCUT2D eigenvalue weighted by Gasteiger charge is 2.47. The van der Waals surface area contributed by atoms with Crippen LogP contribution in [-0.4, -0.2) is 11.6 Å². The van der Waals surface area contributed by atoms with Crippen molar-refractivity contribution in [3.05, 3.63) is 0 Å². The molecule has 19 heavy (non-hydrogen) atoms. The quantitative estimate of drug-likeness (QED) is 0.512. The second kappa shape index (κ2) is 6.76. The van der Waals surface area contributed by atoms with Gasteiger partial charge in [-0.3, -0.25) is 4.79 Å². The van der Waals surface area contributed by atoms with Crippen LogP contribution >= 0.6 is 0 Å². The Morgan fingerprint density at radius 2 is 1.68 bits per heavy atom. The first-order valence-electron chi connectivity index (χ1n) is 8.11. The van der Waals surface area contributed by atoms with Gasteiger partial charge in [-0.15, -0.1) is 0 Å². The molecule has 1 aliphatic rings. The number of hydrogen-bond donors (Lipinski definition) is 0. The number of carbonyl (C=O) groups is 1. The lowest BCUT2D eigenvalue weighted by molar-refractivity contribution is -0.183. The second-order valence-corrected chi connectivity index (χ2v) is 6.88. The molecule has 0 aromatic carbocycles. The maximum Gasteiger partial charge on any atom is 0.309 e. The van der Waals surface area contributed by atoms with Crippen molar-refractivity contribution >= 4 is 5.97 Å². The Morgan fingerprint density at radius 1 is 1.16 bits per heavy atom. The minimum Gasteiger partial charge on any atom is -0.458 e. The molecule has 0 radical (unpaired) electrons. The predicted octanol–water partition coefficient (Wildman–Crippen LogP) is 5.10. The van der Waals surface area contributed by atoms with Crippen molar-refractivity contribution in [2.75, 3.05) is 0 Å². The summed E-state index contributed by atoms with van der Waals surface area (Å²) in [6.07, 6.45) is 8.94. The van der Waals surface area contributed by atoms with E-state index in [1.165, 1.54) is 25.7 Å². The average molecular weight is 268 g/mol. The van der Waals surface area contributed by atoms with E-state index in [1.54, 1.807) is 0 Å². The molecule has 0 heterocycles. The smallest absolute Gasteiger partial charge is 0.309 e. The lowest BCUT2D eigenvalue weighted by Gasteiger charge is -2.46. The van der Waals surface area contributed by atoms with Crippen LogP contribution in [0.3, 0.4) is 0 Å². The van der Waals surface area contributed by atoms with Crippen LogP contribution in [0.1, 0.15) is 86.0 Å². The number of hydrogen-bond acceptors (Lipinski definition) is 2. The van der Waals surface area contributed by atoms with Crippen LogP contribution in [0.5, 0.6) is 0 Å². The SMILES string of the molecule is CCC(C)C(=O)OC1(C(C)(C)CC)CCCCCC1. The Morgan fingerprint density at radius 3 is 2.11 bits per heavy atom. The molecule has 0 N–H and O–H groups in total. The Bertz CT molecular complexity index is 286. The van der Waals surface area contributed by atoms with E-state index in [4.69, 9.17) is 4.74 Å². The zero-order valence-electron chi connectivity index (χ0n) is 13.6. The third-order valence-electron chi connectivity index (χ3n) is 5.34. The predicted molar refractivity (Wildman–Crippen MR) is 80.1 cm³/mol. The van der Waals surface area contributed by atoms with Crippen molar-refractivity contribution in [3.63, 3.8) is 0 Å². The fourth-order valence-corrected chi connectivity index (χ4v) is 3.00. The van der Waals surface area contributed by atoms with Crippen LogP contribution in [0.15, 0.2) is 0 Å². The summed E-state index contributed by atoms with van der Waals surface area (Å²) < 4.78 is 6.13. The van der Waals surface area contributed by atoms with Crippen molar-refractivity contribution in [1.82, 2.24) is 0 Å². The minimum atomic E-state index is -0.237. The van der Waals surface area contributed by atoms with E-state index >= 15 is 0 Å². The summed E-state index contributed by atoms with van der Waals surface area (Å²) in [7, 11) is 0. The van der Waals surface area contributed by atoms with Gasteiger partial charge in [0.15, 0.2) is 0 Å². The minimum absolute atomic E-state index is 0.00549. The molecular formula is C17H32O2. The molecule has 1 aliphatic carbocycles. The maximum absolute atomic E-state index is 12.3. The van der Waals surface area contributed by atoms with Crippen molar-refractivity contribution in [2.24, 2.45) is 11.3 Å². The fraction of sp³-hybridized carbons (Fsp3) is 0.941. The summed E-state index contributed by atoms with van der Waals surface area (Å²) in [6, 6.07) is 0. The van der Waals surface area contributed by atoms with Gasteiger partial charge in [0.25, 0.3) is 0 Å². The van der Waals surface area contributed by atoms with E-state index in [1.807, 2.05) is 6.92 Å². The summed E-state index contributed by atoms with van der Waals surface area (Å²) in [4.78, 5) is 12.3. The van der Waals surface area contributed by atoms with Gasteiger partial charge in [-0.25, -0.2) is 0 Å². The molecule has 0 aromatic rings. The van der Waals surface area contributed by atoms with Gasteiger partial charge >= 0.3 is 5.97 Å². The highest BCUT2D eigenvalue weighted by molar-refractivity contribution is 5.72. The first kappa shape index (κ1) is 16.5. The molecule has 0 bridgehead atoms. The van der Waals surface area contributed by atoms with Crippen LogP contribution in [0.25, 0.3) is 0 Å². The molecule has 0 spiro atoms. The van der Waals surface area contributed by atoms with Gasteiger partial charge in [0.05, 0.1) is 5.92 Å². The third kappa shape index (κ3) is 3.73. The van der Waals surface area contributed by atoms with Gasteiger partial charge in [0.2, 0.25) is 0 Å². The fourth-order valence-electron chi connectivity index (χ4n) is 3.00. The van der Waals surface area contributed by atoms with Crippen LogP contribution < -0.4 is 0 Å². The van der Waals surface area contributed by atoms with E-state index < -0.39 is 0 Å². The summed E-state index contributed by atoms with van der Waals surface area (Å²) >= 11 is 0. The Balaban J connectivity index is 2.94. The number of ether oxygens (including phenoxy) is 1. The summed E-state index contributed by atoms with van der Waals surface area (Å²) in [5, 5.41) is 0. The molecule has 0 amide bonds. The van der Waals surface area contributed by atoms with Crippen LogP contribution in [0.2, 0.25) is 0 Å². The molecule has 1 saturated carbocycles. The average Bonchev–Trinajstić information content (AvgIpc) is 2.64. The van der Waals surface area contributed by atoms with E-state index in [0.717, 1.165) is 25.7 Å².